The summed E-state index contributed by atoms with van der Waals surface area (Å²) >= 11 is 0. The van der Waals surface area contributed by atoms with E-state index in [1.807, 2.05) is 52.2 Å². The van der Waals surface area contributed by atoms with Crippen molar-refractivity contribution in [1.29, 1.82) is 0 Å². The lowest BCUT2D eigenvalue weighted by Gasteiger charge is -2.40. The van der Waals surface area contributed by atoms with Crippen LogP contribution in [0.5, 0.6) is 17.2 Å². The van der Waals surface area contributed by atoms with Gasteiger partial charge < -0.3 is 18.8 Å². The number of fused-ring (bicyclic) bond motifs is 1. The first-order valence-electron chi connectivity index (χ1n) is 15.8. The molecule has 3 aromatic rings. The Kier molecular flexibility index (Phi) is 9.40. The molecule has 1 saturated carbocycles. The summed E-state index contributed by atoms with van der Waals surface area (Å²) in [4.78, 5) is 17.7. The zero-order valence-electron chi connectivity index (χ0n) is 25.1. The van der Waals surface area contributed by atoms with Crippen molar-refractivity contribution in [2.75, 3.05) is 20.3 Å². The molecule has 1 amide bonds. The van der Waals surface area contributed by atoms with Gasteiger partial charge in [0.1, 0.15) is 5.75 Å². The van der Waals surface area contributed by atoms with Gasteiger partial charge in [-0.1, -0.05) is 37.8 Å². The summed E-state index contributed by atoms with van der Waals surface area (Å²) in [6.07, 6.45) is 20.0. The molecule has 0 radical (unpaired) electrons. The summed E-state index contributed by atoms with van der Waals surface area (Å²) in [5.41, 5.74) is 3.06. The highest BCUT2D eigenvalue weighted by Crippen LogP contribution is 2.39. The van der Waals surface area contributed by atoms with E-state index in [2.05, 4.69) is 23.2 Å². The number of nitrogens with zero attached hydrogens (tertiary/aromatic N) is 4. The predicted octanol–water partition coefficient (Wildman–Crippen LogP) is 6.97. The van der Waals surface area contributed by atoms with Gasteiger partial charge in [-0.2, -0.15) is 5.10 Å². The number of allylic oxidation sites excluding steroid dienone is 2. The fourth-order valence-electron chi connectivity index (χ4n) is 6.49. The van der Waals surface area contributed by atoms with Crippen LogP contribution >= 0.6 is 0 Å². The number of ether oxygens (including phenoxy) is 3. The van der Waals surface area contributed by atoms with Crippen LogP contribution in [0.3, 0.4) is 0 Å². The third-order valence-corrected chi connectivity index (χ3v) is 8.88. The van der Waals surface area contributed by atoms with Crippen LogP contribution in [0.2, 0.25) is 0 Å². The molecular weight excluding hydrogens is 540 g/mol. The molecule has 0 N–H and O–H groups in total. The Morgan fingerprint density at radius 1 is 0.860 bits per heavy atom. The largest absolute Gasteiger partial charge is 0.494 e. The number of carbonyl (C=O) groups excluding carboxylic acids is 1. The first-order chi connectivity index (χ1) is 21.2. The number of hydrogen-bond acceptors (Lipinski definition) is 6. The first kappa shape index (κ1) is 29.0. The van der Waals surface area contributed by atoms with Gasteiger partial charge in [0.2, 0.25) is 5.91 Å². The van der Waals surface area contributed by atoms with Crippen molar-refractivity contribution in [3.8, 4) is 22.9 Å². The van der Waals surface area contributed by atoms with Crippen molar-refractivity contribution in [2.24, 2.45) is 16.9 Å². The maximum absolute atomic E-state index is 13.6. The van der Waals surface area contributed by atoms with E-state index in [0.29, 0.717) is 24.7 Å². The Balaban J connectivity index is 1.09. The minimum atomic E-state index is -0.0469. The molecule has 0 saturated heterocycles. The molecule has 2 atom stereocenters. The van der Waals surface area contributed by atoms with Gasteiger partial charge >= 0.3 is 0 Å². The van der Waals surface area contributed by atoms with Crippen molar-refractivity contribution in [1.82, 2.24) is 14.6 Å². The quantitative estimate of drug-likeness (QED) is 0.139. The highest BCUT2D eigenvalue weighted by atomic mass is 16.5. The van der Waals surface area contributed by atoms with Crippen LogP contribution in [-0.4, -0.2) is 52.5 Å². The van der Waals surface area contributed by atoms with Crippen molar-refractivity contribution in [2.45, 2.75) is 70.3 Å². The number of amides is 1. The predicted molar refractivity (Wildman–Crippen MR) is 167 cm³/mol. The third kappa shape index (κ3) is 6.79. The molecular formula is C35H42N4O4. The van der Waals surface area contributed by atoms with E-state index in [-0.39, 0.29) is 23.8 Å². The van der Waals surface area contributed by atoms with Crippen LogP contribution < -0.4 is 14.2 Å². The number of unbranched alkanes of at least 4 members (excludes halogenated alkanes) is 1. The zero-order chi connectivity index (χ0) is 29.4. The van der Waals surface area contributed by atoms with Gasteiger partial charge in [0.15, 0.2) is 11.5 Å². The first-order valence-corrected chi connectivity index (χ1v) is 15.8. The fraction of sp³-hybridized carbons (Fsp3) is 0.457. The molecule has 3 aliphatic rings. The van der Waals surface area contributed by atoms with Crippen molar-refractivity contribution < 1.29 is 19.0 Å². The second-order valence-electron chi connectivity index (χ2n) is 11.7. The summed E-state index contributed by atoms with van der Waals surface area (Å²) in [5.74, 6) is 2.50. The molecule has 2 unspecified atom stereocenters. The lowest BCUT2D eigenvalue weighted by molar-refractivity contribution is -0.140. The van der Waals surface area contributed by atoms with Crippen LogP contribution in [0, 0.1) is 11.8 Å². The van der Waals surface area contributed by atoms with E-state index >= 15 is 0 Å². The summed E-state index contributed by atoms with van der Waals surface area (Å²) in [6, 6.07) is 14.3. The Hall–Kier alpha value is -4.07. The molecule has 8 heteroatoms. The van der Waals surface area contributed by atoms with Crippen LogP contribution in [0.1, 0.15) is 69.8 Å². The molecule has 2 aromatic carbocycles. The van der Waals surface area contributed by atoms with Gasteiger partial charge in [-0.05, 0) is 81.0 Å². The Bertz CT molecular complexity index is 1410. The van der Waals surface area contributed by atoms with Gasteiger partial charge in [-0.15, -0.1) is 0 Å². The van der Waals surface area contributed by atoms with Gasteiger partial charge in [0, 0.05) is 29.6 Å². The Morgan fingerprint density at radius 3 is 2.33 bits per heavy atom. The monoisotopic (exact) mass is 582 g/mol. The molecule has 0 spiro atoms. The lowest BCUT2D eigenvalue weighted by Crippen LogP contribution is -2.49. The van der Waals surface area contributed by atoms with Gasteiger partial charge in [-0.3, -0.25) is 4.79 Å². The third-order valence-electron chi connectivity index (χ3n) is 8.88. The highest BCUT2D eigenvalue weighted by molar-refractivity contribution is 6.07. The number of hydrazone groups is 1. The molecule has 6 rings (SSSR count). The van der Waals surface area contributed by atoms with Crippen LogP contribution in [0.4, 0.5) is 0 Å². The van der Waals surface area contributed by atoms with E-state index < -0.39 is 0 Å². The highest BCUT2D eigenvalue weighted by Gasteiger charge is 2.42. The standard InChI is InChI=1S/C35H42N4O4/c1-41-32-19-14-26(34-30-12-6-7-13-31(30)35(40)39(37-34)28-10-4-2-3-5-11-28)24-33(32)43-23-9-8-22-42-29-17-15-27(16-18-29)38-21-20-36-25-38/h6-7,14-21,24-25,28,30-31H,2-5,8-13,22-23H2,1H3. The van der Waals surface area contributed by atoms with Gasteiger partial charge in [-0.25, -0.2) is 9.99 Å². The topological polar surface area (TPSA) is 78.2 Å². The molecule has 8 nitrogen and oxygen atoms in total. The summed E-state index contributed by atoms with van der Waals surface area (Å²) in [6.45, 7) is 1.17. The Morgan fingerprint density at radius 2 is 1.60 bits per heavy atom. The second-order valence-corrected chi connectivity index (χ2v) is 11.7. The zero-order valence-corrected chi connectivity index (χ0v) is 25.1. The summed E-state index contributed by atoms with van der Waals surface area (Å²) < 4.78 is 19.8. The molecule has 2 aliphatic carbocycles. The molecule has 43 heavy (non-hydrogen) atoms. The van der Waals surface area contributed by atoms with Crippen LogP contribution in [-0.2, 0) is 4.79 Å². The van der Waals surface area contributed by atoms with E-state index in [1.54, 1.807) is 19.6 Å². The van der Waals surface area contributed by atoms with E-state index in [4.69, 9.17) is 19.3 Å². The minimum absolute atomic E-state index is 0.0469. The van der Waals surface area contributed by atoms with Gasteiger partial charge in [0.25, 0.3) is 0 Å². The molecule has 226 valence electrons. The normalized spacial score (nSPS) is 20.7. The number of aromatic nitrogens is 2. The lowest BCUT2D eigenvalue weighted by atomic mass is 9.76. The van der Waals surface area contributed by atoms with E-state index in [9.17, 15) is 4.79 Å². The molecule has 0 bridgehead atoms. The number of carbonyl (C=O) groups is 1. The SMILES string of the molecule is COc1ccc(C2=NN(C3CCCCCC3)C(=O)C3CC=CCC23)cc1OCCCCOc1ccc(-n2ccnc2)cc1. The average molecular weight is 583 g/mol. The van der Waals surface area contributed by atoms with Crippen LogP contribution in [0.15, 0.2) is 78.4 Å². The van der Waals surface area contributed by atoms with Gasteiger partial charge in [0.05, 0.1) is 44.3 Å². The maximum atomic E-state index is 13.6. The van der Waals surface area contributed by atoms with Crippen molar-refractivity contribution in [3.05, 3.63) is 78.9 Å². The number of imidazole rings is 1. The minimum Gasteiger partial charge on any atom is -0.494 e. The number of rotatable bonds is 11. The number of benzene rings is 2. The molecule has 2 heterocycles. The van der Waals surface area contributed by atoms with Crippen molar-refractivity contribution >= 4 is 11.6 Å². The molecule has 1 aliphatic heterocycles. The van der Waals surface area contributed by atoms with Crippen molar-refractivity contribution in [3.63, 3.8) is 0 Å². The second kappa shape index (κ2) is 13.9. The van der Waals surface area contributed by atoms with E-state index in [0.717, 1.165) is 74.1 Å². The average Bonchev–Trinajstić information content (AvgIpc) is 3.46. The number of methoxy groups -OCH3 is 1. The fourth-order valence-corrected chi connectivity index (χ4v) is 6.49. The molecule has 1 fully saturated rings. The number of hydrogen-bond donors (Lipinski definition) is 0. The maximum Gasteiger partial charge on any atom is 0.247 e. The Labute approximate surface area is 254 Å². The van der Waals surface area contributed by atoms with Crippen LogP contribution in [0.25, 0.3) is 5.69 Å². The molecule has 1 aromatic heterocycles. The summed E-state index contributed by atoms with van der Waals surface area (Å²) in [7, 11) is 1.67. The van der Waals surface area contributed by atoms with E-state index in [1.165, 1.54) is 12.8 Å². The summed E-state index contributed by atoms with van der Waals surface area (Å²) in [5, 5.41) is 6.96. The smallest absolute Gasteiger partial charge is 0.247 e.